The second kappa shape index (κ2) is 7.13. The van der Waals surface area contributed by atoms with Gasteiger partial charge >= 0.3 is 6.55 Å². The number of ketones is 1. The fourth-order valence-corrected chi connectivity index (χ4v) is 3.30. The van der Waals surface area contributed by atoms with Gasteiger partial charge in [0.25, 0.3) is 5.92 Å². The molecule has 0 radical (unpaired) electrons. The number of benzene rings is 1. The Labute approximate surface area is 167 Å². The molecule has 0 saturated heterocycles. The van der Waals surface area contributed by atoms with Crippen LogP contribution in [0.2, 0.25) is 0 Å². The van der Waals surface area contributed by atoms with Gasteiger partial charge in [-0.2, -0.15) is 13.9 Å². The molecule has 1 aromatic carbocycles. The number of aliphatic imine (C=N–C) groups is 1. The molecule has 0 aliphatic carbocycles. The molecule has 0 bridgehead atoms. The van der Waals surface area contributed by atoms with E-state index in [-0.39, 0.29) is 11.3 Å². The van der Waals surface area contributed by atoms with Crippen molar-refractivity contribution >= 4 is 11.6 Å². The van der Waals surface area contributed by atoms with E-state index in [1.807, 2.05) is 0 Å². The Morgan fingerprint density at radius 1 is 1.23 bits per heavy atom. The van der Waals surface area contributed by atoms with Crippen LogP contribution >= 0.6 is 0 Å². The fraction of sp³-hybridized carbons (Fsp3) is 0.421. The van der Waals surface area contributed by atoms with Gasteiger partial charge in [0.1, 0.15) is 17.3 Å². The van der Waals surface area contributed by atoms with Gasteiger partial charge in [-0.1, -0.05) is 6.07 Å². The first kappa shape index (κ1) is 21.8. The van der Waals surface area contributed by atoms with Crippen molar-refractivity contribution in [2.45, 2.75) is 50.4 Å². The molecular formula is C19H18F6N4O. The number of alkyl halides is 5. The zero-order valence-electron chi connectivity index (χ0n) is 16.0. The Morgan fingerprint density at radius 3 is 2.50 bits per heavy atom. The molecule has 1 aliphatic heterocycles. The van der Waals surface area contributed by atoms with Gasteiger partial charge in [0.05, 0.1) is 6.42 Å². The van der Waals surface area contributed by atoms with E-state index < -0.39 is 59.5 Å². The molecule has 11 heteroatoms. The van der Waals surface area contributed by atoms with Crippen LogP contribution in [0.3, 0.4) is 0 Å². The summed E-state index contributed by atoms with van der Waals surface area (Å²) in [6.45, 7) is -1.13. The first-order chi connectivity index (χ1) is 13.8. The summed E-state index contributed by atoms with van der Waals surface area (Å²) in [5, 5.41) is 3.44. The molecule has 0 spiro atoms. The monoisotopic (exact) mass is 432 g/mol. The van der Waals surface area contributed by atoms with E-state index in [4.69, 9.17) is 5.73 Å². The van der Waals surface area contributed by atoms with Crippen LogP contribution in [0.25, 0.3) is 0 Å². The van der Waals surface area contributed by atoms with Gasteiger partial charge in [-0.25, -0.2) is 22.2 Å². The summed E-state index contributed by atoms with van der Waals surface area (Å²) >= 11 is 0. The summed E-state index contributed by atoms with van der Waals surface area (Å²) in [4.78, 5) is 15.9. The highest BCUT2D eigenvalue weighted by Gasteiger charge is 2.60. The Morgan fingerprint density at radius 2 is 1.90 bits per heavy atom. The number of amidine groups is 1. The zero-order valence-corrected chi connectivity index (χ0v) is 16.0. The predicted molar refractivity (Wildman–Crippen MR) is 96.0 cm³/mol. The third-order valence-electron chi connectivity index (χ3n) is 5.16. The molecule has 2 heterocycles. The van der Waals surface area contributed by atoms with Gasteiger partial charge in [0.15, 0.2) is 17.0 Å². The third kappa shape index (κ3) is 3.68. The number of halogens is 6. The smallest absolute Gasteiger partial charge is 0.333 e. The Balaban J connectivity index is 1.97. The topological polar surface area (TPSA) is 73.3 Å². The molecule has 3 rings (SSSR count). The summed E-state index contributed by atoms with van der Waals surface area (Å²) in [7, 11) is 0. The lowest BCUT2D eigenvalue weighted by atomic mass is 9.77. The first-order valence-corrected chi connectivity index (χ1v) is 8.85. The van der Waals surface area contributed by atoms with Crippen LogP contribution in [0, 0.1) is 5.82 Å². The van der Waals surface area contributed by atoms with Crippen LogP contribution in [-0.4, -0.2) is 33.0 Å². The third-order valence-corrected chi connectivity index (χ3v) is 5.16. The van der Waals surface area contributed by atoms with Crippen molar-refractivity contribution in [2.75, 3.05) is 0 Å². The van der Waals surface area contributed by atoms with Crippen LogP contribution < -0.4 is 5.73 Å². The van der Waals surface area contributed by atoms with Gasteiger partial charge in [0.2, 0.25) is 0 Å². The quantitative estimate of drug-likeness (QED) is 0.569. The summed E-state index contributed by atoms with van der Waals surface area (Å²) in [6.07, 6.45) is -0.780. The number of hydrogen-bond acceptors (Lipinski definition) is 4. The van der Waals surface area contributed by atoms with Crippen molar-refractivity contribution in [2.24, 2.45) is 10.7 Å². The molecule has 30 heavy (non-hydrogen) atoms. The minimum Gasteiger partial charge on any atom is -0.385 e. The van der Waals surface area contributed by atoms with E-state index in [1.54, 1.807) is 0 Å². The van der Waals surface area contributed by atoms with Crippen molar-refractivity contribution in [1.29, 1.82) is 0 Å². The number of aromatic nitrogens is 2. The summed E-state index contributed by atoms with van der Waals surface area (Å²) in [6, 6.07) is 4.18. The number of nitrogens with zero attached hydrogens (tertiary/aromatic N) is 3. The molecular weight excluding hydrogens is 414 g/mol. The molecule has 0 saturated carbocycles. The van der Waals surface area contributed by atoms with Crippen molar-refractivity contribution in [3.05, 3.63) is 53.1 Å². The standard InChI is InChI=1S/C19H18F6N4O/c1-17(23)9-19(24,25)18(2,27-15(17)26)11-7-10(3-4-12(11)20)8-14(30)13-5-6-29(28-13)16(21)22/h3-7,16H,8-9H2,1-2H3,(H2,26,27)/t17-,18+/m0/s1. The summed E-state index contributed by atoms with van der Waals surface area (Å²) in [5.74, 6) is -6.17. The summed E-state index contributed by atoms with van der Waals surface area (Å²) < 4.78 is 83.9. The highest BCUT2D eigenvalue weighted by Crippen LogP contribution is 2.50. The Bertz CT molecular complexity index is 1020. The second-order valence-electron chi connectivity index (χ2n) is 7.52. The molecule has 1 aromatic heterocycles. The van der Waals surface area contributed by atoms with Crippen molar-refractivity contribution in [3.8, 4) is 0 Å². The van der Waals surface area contributed by atoms with Crippen LogP contribution in [0.4, 0.5) is 26.3 Å². The van der Waals surface area contributed by atoms with Gasteiger partial charge < -0.3 is 5.73 Å². The maximum atomic E-state index is 14.8. The largest absolute Gasteiger partial charge is 0.385 e. The SMILES string of the molecule is C[C@]1(F)CC(F)(F)[C@@](C)(c2cc(CC(=O)c3ccn(C(F)F)n3)ccc2F)N=C1N. The number of hydrogen-bond donors (Lipinski definition) is 1. The number of Topliss-reactive ketones (excluding diaryl/α,β-unsaturated/α-hetero) is 1. The Hall–Kier alpha value is -2.85. The fourth-order valence-electron chi connectivity index (χ4n) is 3.30. The van der Waals surface area contributed by atoms with Crippen molar-refractivity contribution in [3.63, 3.8) is 0 Å². The molecule has 0 fully saturated rings. The molecule has 2 atom stereocenters. The summed E-state index contributed by atoms with van der Waals surface area (Å²) in [5.41, 5.74) is -0.237. The second-order valence-corrected chi connectivity index (χ2v) is 7.52. The molecule has 1 aliphatic rings. The van der Waals surface area contributed by atoms with Crippen LogP contribution in [0.1, 0.15) is 48.4 Å². The van der Waals surface area contributed by atoms with Gasteiger partial charge in [-0.15, -0.1) is 0 Å². The van der Waals surface area contributed by atoms with E-state index in [9.17, 15) is 31.1 Å². The number of rotatable bonds is 5. The lowest BCUT2D eigenvalue weighted by Crippen LogP contribution is -2.56. The van der Waals surface area contributed by atoms with Crippen LogP contribution in [0.5, 0.6) is 0 Å². The van der Waals surface area contributed by atoms with Gasteiger partial charge in [0, 0.05) is 18.2 Å². The highest BCUT2D eigenvalue weighted by atomic mass is 19.3. The van der Waals surface area contributed by atoms with E-state index in [0.29, 0.717) is 4.68 Å². The predicted octanol–water partition coefficient (Wildman–Crippen LogP) is 4.18. The zero-order chi connectivity index (χ0) is 22.5. The van der Waals surface area contributed by atoms with Crippen LogP contribution in [-0.2, 0) is 12.0 Å². The molecule has 2 aromatic rings. The van der Waals surface area contributed by atoms with Crippen molar-refractivity contribution < 1.29 is 31.1 Å². The van der Waals surface area contributed by atoms with Crippen molar-refractivity contribution in [1.82, 2.24) is 9.78 Å². The minimum absolute atomic E-state index is 0.127. The van der Waals surface area contributed by atoms with E-state index in [0.717, 1.165) is 38.2 Å². The number of nitrogens with two attached hydrogens (primary N) is 1. The number of carbonyl (C=O) groups is 1. The highest BCUT2D eigenvalue weighted by molar-refractivity contribution is 5.95. The minimum atomic E-state index is -3.78. The molecule has 0 amide bonds. The Kier molecular flexibility index (Phi) is 5.20. The molecule has 5 nitrogen and oxygen atoms in total. The first-order valence-electron chi connectivity index (χ1n) is 8.85. The van der Waals surface area contributed by atoms with Gasteiger partial charge in [-0.3, -0.25) is 9.79 Å². The molecule has 162 valence electrons. The van der Waals surface area contributed by atoms with Gasteiger partial charge in [-0.05, 0) is 37.6 Å². The lowest BCUT2D eigenvalue weighted by molar-refractivity contribution is -0.106. The maximum Gasteiger partial charge on any atom is 0.333 e. The van der Waals surface area contributed by atoms with E-state index >= 15 is 0 Å². The normalized spacial score (nSPS) is 26.0. The number of carbonyl (C=O) groups excluding carboxylic acids is 1. The van der Waals surface area contributed by atoms with E-state index in [1.165, 1.54) is 6.07 Å². The molecule has 0 unspecified atom stereocenters. The van der Waals surface area contributed by atoms with E-state index in [2.05, 4.69) is 10.1 Å². The molecule has 2 N–H and O–H groups in total. The van der Waals surface area contributed by atoms with Crippen LogP contribution in [0.15, 0.2) is 35.5 Å². The lowest BCUT2D eigenvalue weighted by Gasteiger charge is -2.42. The average Bonchev–Trinajstić information content (AvgIpc) is 3.11. The maximum absolute atomic E-state index is 14.8. The average molecular weight is 432 g/mol.